The van der Waals surface area contributed by atoms with Crippen molar-refractivity contribution in [3.63, 3.8) is 0 Å². The molecule has 0 radical (unpaired) electrons. The Morgan fingerprint density at radius 1 is 1.00 bits per heavy atom. The van der Waals surface area contributed by atoms with E-state index in [0.29, 0.717) is 23.7 Å². The number of benzene rings is 2. The lowest BCUT2D eigenvalue weighted by molar-refractivity contribution is -0.123. The summed E-state index contributed by atoms with van der Waals surface area (Å²) in [4.78, 5) is 23.7. The second-order valence-electron chi connectivity index (χ2n) is 4.71. The first-order valence-corrected chi connectivity index (χ1v) is 8.08. The van der Waals surface area contributed by atoms with E-state index in [9.17, 15) is 9.59 Å². The highest BCUT2D eigenvalue weighted by Gasteiger charge is 2.09. The minimum atomic E-state index is -0.466. The van der Waals surface area contributed by atoms with Gasteiger partial charge in [-0.25, -0.2) is 0 Å². The number of hydrazine groups is 1. The maximum absolute atomic E-state index is 12.0. The molecule has 0 saturated heterocycles. The number of rotatable bonds is 6. The Balaban J connectivity index is 1.79. The zero-order valence-corrected chi connectivity index (χ0v) is 14.6. The highest BCUT2D eigenvalue weighted by Crippen LogP contribution is 2.16. The largest absolute Gasteiger partial charge is 0.494 e. The Morgan fingerprint density at radius 3 is 2.46 bits per heavy atom. The van der Waals surface area contributed by atoms with Crippen LogP contribution in [0.3, 0.4) is 0 Å². The Morgan fingerprint density at radius 2 is 1.75 bits per heavy atom. The predicted molar refractivity (Wildman–Crippen MR) is 92.9 cm³/mol. The quantitative estimate of drug-likeness (QED) is 0.740. The molecule has 2 amide bonds. The fourth-order valence-corrected chi connectivity index (χ4v) is 2.07. The van der Waals surface area contributed by atoms with Crippen LogP contribution in [0.15, 0.2) is 53.0 Å². The van der Waals surface area contributed by atoms with Gasteiger partial charge in [0, 0.05) is 10.0 Å². The van der Waals surface area contributed by atoms with Crippen molar-refractivity contribution in [2.45, 2.75) is 6.92 Å². The Hall–Kier alpha value is -2.54. The number of hydrogen-bond acceptors (Lipinski definition) is 4. The fourth-order valence-electron chi connectivity index (χ4n) is 1.81. The normalized spacial score (nSPS) is 9.92. The van der Waals surface area contributed by atoms with Gasteiger partial charge < -0.3 is 9.47 Å². The number of amides is 2. The molecule has 6 nitrogen and oxygen atoms in total. The molecule has 0 aromatic heterocycles. The Labute approximate surface area is 148 Å². The molecule has 2 aromatic carbocycles. The van der Waals surface area contributed by atoms with Gasteiger partial charge in [0.25, 0.3) is 11.8 Å². The molecule has 126 valence electrons. The van der Waals surface area contributed by atoms with Gasteiger partial charge in [-0.15, -0.1) is 0 Å². The molecule has 2 N–H and O–H groups in total. The molecule has 0 atom stereocenters. The number of halogens is 1. The Kier molecular flexibility index (Phi) is 6.62. The molecule has 2 aromatic rings. The van der Waals surface area contributed by atoms with E-state index in [0.717, 1.165) is 4.47 Å². The molecular formula is C17H17BrN2O4. The van der Waals surface area contributed by atoms with Gasteiger partial charge in [-0.3, -0.25) is 20.4 Å². The lowest BCUT2D eigenvalue weighted by atomic mass is 10.2. The summed E-state index contributed by atoms with van der Waals surface area (Å²) in [5.74, 6) is 0.250. The van der Waals surface area contributed by atoms with Crippen molar-refractivity contribution in [3.05, 3.63) is 58.6 Å². The standard InChI is InChI=1S/C17H17BrN2O4/c1-2-23-15-5-3-4-12(10-15)17(22)20-19-16(21)11-24-14-8-6-13(18)7-9-14/h3-10H,2,11H2,1H3,(H,19,21)(H,20,22). The van der Waals surface area contributed by atoms with Gasteiger partial charge in [0.15, 0.2) is 6.61 Å². The molecular weight excluding hydrogens is 376 g/mol. The van der Waals surface area contributed by atoms with E-state index in [-0.39, 0.29) is 6.61 Å². The second-order valence-corrected chi connectivity index (χ2v) is 5.62. The molecule has 0 aliphatic rings. The Bertz CT molecular complexity index is 704. The molecule has 0 bridgehead atoms. The minimum absolute atomic E-state index is 0.207. The molecule has 0 fully saturated rings. The van der Waals surface area contributed by atoms with Crippen molar-refractivity contribution < 1.29 is 19.1 Å². The van der Waals surface area contributed by atoms with E-state index in [4.69, 9.17) is 9.47 Å². The third kappa shape index (κ3) is 5.58. The molecule has 0 aliphatic carbocycles. The molecule has 2 rings (SSSR count). The zero-order valence-electron chi connectivity index (χ0n) is 13.0. The van der Waals surface area contributed by atoms with Crippen LogP contribution in [0.5, 0.6) is 11.5 Å². The van der Waals surface area contributed by atoms with Crippen molar-refractivity contribution >= 4 is 27.7 Å². The molecule has 24 heavy (non-hydrogen) atoms. The SMILES string of the molecule is CCOc1cccc(C(=O)NNC(=O)COc2ccc(Br)cc2)c1. The summed E-state index contributed by atoms with van der Waals surface area (Å²) in [5.41, 5.74) is 5.02. The van der Waals surface area contributed by atoms with Crippen LogP contribution in [0.1, 0.15) is 17.3 Å². The first kappa shape index (κ1) is 17.8. The van der Waals surface area contributed by atoms with Crippen LogP contribution in [0.4, 0.5) is 0 Å². The van der Waals surface area contributed by atoms with E-state index in [1.165, 1.54) is 0 Å². The zero-order chi connectivity index (χ0) is 17.4. The first-order chi connectivity index (χ1) is 11.6. The topological polar surface area (TPSA) is 76.7 Å². The second kappa shape index (κ2) is 8.93. The minimum Gasteiger partial charge on any atom is -0.494 e. The third-order valence-corrected chi connectivity index (χ3v) is 3.43. The molecule has 0 saturated carbocycles. The number of carbonyl (C=O) groups is 2. The summed E-state index contributed by atoms with van der Waals surface area (Å²) in [6.45, 7) is 2.16. The van der Waals surface area contributed by atoms with E-state index < -0.39 is 11.8 Å². The van der Waals surface area contributed by atoms with Crippen LogP contribution < -0.4 is 20.3 Å². The lowest BCUT2D eigenvalue weighted by Gasteiger charge is -2.10. The van der Waals surface area contributed by atoms with Gasteiger partial charge >= 0.3 is 0 Å². The van der Waals surface area contributed by atoms with Crippen molar-refractivity contribution in [1.82, 2.24) is 10.9 Å². The van der Waals surface area contributed by atoms with Crippen LogP contribution >= 0.6 is 15.9 Å². The number of nitrogens with one attached hydrogen (secondary N) is 2. The van der Waals surface area contributed by atoms with Crippen molar-refractivity contribution in [2.24, 2.45) is 0 Å². The smallest absolute Gasteiger partial charge is 0.276 e. The summed E-state index contributed by atoms with van der Waals surface area (Å²) < 4.78 is 11.6. The first-order valence-electron chi connectivity index (χ1n) is 7.29. The van der Waals surface area contributed by atoms with Crippen molar-refractivity contribution in [1.29, 1.82) is 0 Å². The van der Waals surface area contributed by atoms with E-state index in [1.807, 2.05) is 6.92 Å². The van der Waals surface area contributed by atoms with Crippen LogP contribution in [-0.4, -0.2) is 25.0 Å². The third-order valence-electron chi connectivity index (χ3n) is 2.91. The monoisotopic (exact) mass is 392 g/mol. The maximum Gasteiger partial charge on any atom is 0.276 e. The highest BCUT2D eigenvalue weighted by atomic mass is 79.9. The van der Waals surface area contributed by atoms with Crippen molar-refractivity contribution in [3.8, 4) is 11.5 Å². The maximum atomic E-state index is 12.0. The number of ether oxygens (including phenoxy) is 2. The molecule has 0 unspecified atom stereocenters. The average Bonchev–Trinajstić information content (AvgIpc) is 2.59. The fraction of sp³-hybridized carbons (Fsp3) is 0.176. The van der Waals surface area contributed by atoms with Gasteiger partial charge in [0.2, 0.25) is 0 Å². The van der Waals surface area contributed by atoms with Crippen LogP contribution in [0, 0.1) is 0 Å². The van der Waals surface area contributed by atoms with E-state index >= 15 is 0 Å². The van der Waals surface area contributed by atoms with Crippen molar-refractivity contribution in [2.75, 3.05) is 13.2 Å². The molecule has 7 heteroatoms. The van der Waals surface area contributed by atoms with Gasteiger partial charge in [-0.05, 0) is 49.4 Å². The van der Waals surface area contributed by atoms with E-state index in [1.54, 1.807) is 48.5 Å². The summed E-state index contributed by atoms with van der Waals surface area (Å²) in [6.07, 6.45) is 0. The summed E-state index contributed by atoms with van der Waals surface area (Å²) in [7, 11) is 0. The molecule has 0 heterocycles. The number of hydrogen-bond donors (Lipinski definition) is 2. The van der Waals surface area contributed by atoms with Gasteiger partial charge in [-0.2, -0.15) is 0 Å². The molecule has 0 aliphatic heterocycles. The van der Waals surface area contributed by atoms with Gasteiger partial charge in [0.1, 0.15) is 11.5 Å². The van der Waals surface area contributed by atoms with Crippen LogP contribution in [-0.2, 0) is 4.79 Å². The molecule has 0 spiro atoms. The lowest BCUT2D eigenvalue weighted by Crippen LogP contribution is -2.43. The van der Waals surface area contributed by atoms with Gasteiger partial charge in [-0.1, -0.05) is 22.0 Å². The predicted octanol–water partition coefficient (Wildman–Crippen LogP) is 2.69. The van der Waals surface area contributed by atoms with Crippen LogP contribution in [0.2, 0.25) is 0 Å². The van der Waals surface area contributed by atoms with Crippen LogP contribution in [0.25, 0.3) is 0 Å². The summed E-state index contributed by atoms with van der Waals surface area (Å²) in [6, 6.07) is 13.8. The average molecular weight is 393 g/mol. The van der Waals surface area contributed by atoms with E-state index in [2.05, 4.69) is 26.8 Å². The highest BCUT2D eigenvalue weighted by molar-refractivity contribution is 9.10. The number of carbonyl (C=O) groups excluding carboxylic acids is 2. The van der Waals surface area contributed by atoms with Gasteiger partial charge in [0.05, 0.1) is 6.61 Å². The summed E-state index contributed by atoms with van der Waals surface area (Å²) >= 11 is 3.31. The summed E-state index contributed by atoms with van der Waals surface area (Å²) in [5, 5.41) is 0.